The first-order valence-electron chi connectivity index (χ1n) is 14.9. The second kappa shape index (κ2) is 11.2. The van der Waals surface area contributed by atoms with Gasteiger partial charge >= 0.3 is 0 Å². The summed E-state index contributed by atoms with van der Waals surface area (Å²) in [6.07, 6.45) is 11.6. The van der Waals surface area contributed by atoms with E-state index in [1.54, 1.807) is 0 Å². The Morgan fingerprint density at radius 3 is 2.23 bits per heavy atom. The average Bonchev–Trinajstić information content (AvgIpc) is 3.82. The molecule has 2 aromatic carbocycles. The van der Waals surface area contributed by atoms with E-state index in [0.29, 0.717) is 30.1 Å². The van der Waals surface area contributed by atoms with Crippen LogP contribution < -0.4 is 11.1 Å². The van der Waals surface area contributed by atoms with E-state index in [-0.39, 0.29) is 17.4 Å². The number of amides is 2. The molecule has 6 rings (SSSR count). The van der Waals surface area contributed by atoms with E-state index in [9.17, 15) is 9.59 Å². The quantitative estimate of drug-likeness (QED) is 0.344. The number of nitrogens with one attached hydrogen (secondary N) is 1. The first-order chi connectivity index (χ1) is 19.4. The fourth-order valence-corrected chi connectivity index (χ4v) is 6.43. The Hall–Kier alpha value is -3.51. The first kappa shape index (κ1) is 26.7. The Morgan fingerprint density at radius 2 is 1.60 bits per heavy atom. The first-order valence-corrected chi connectivity index (χ1v) is 14.9. The van der Waals surface area contributed by atoms with Gasteiger partial charge in [-0.15, -0.1) is 0 Å². The van der Waals surface area contributed by atoms with Gasteiger partial charge in [-0.25, -0.2) is 4.98 Å². The maximum absolute atomic E-state index is 13.0. The van der Waals surface area contributed by atoms with Crippen molar-refractivity contribution in [2.75, 3.05) is 12.4 Å². The fourth-order valence-electron chi connectivity index (χ4n) is 6.43. The van der Waals surface area contributed by atoms with Crippen LogP contribution in [0.25, 0.3) is 22.3 Å². The van der Waals surface area contributed by atoms with E-state index in [4.69, 9.17) is 5.73 Å². The second-order valence-corrected chi connectivity index (χ2v) is 12.2. The van der Waals surface area contributed by atoms with Crippen molar-refractivity contribution < 1.29 is 9.59 Å². The van der Waals surface area contributed by atoms with Gasteiger partial charge in [-0.3, -0.25) is 9.59 Å². The van der Waals surface area contributed by atoms with Crippen molar-refractivity contribution in [3.8, 4) is 22.3 Å². The number of nitrogens with zero attached hydrogens (tertiary/aromatic N) is 2. The number of pyridine rings is 1. The third kappa shape index (κ3) is 5.68. The normalized spacial score (nSPS) is 21.8. The third-order valence-corrected chi connectivity index (χ3v) is 9.39. The molecule has 0 saturated heterocycles. The predicted octanol–water partition coefficient (Wildman–Crippen LogP) is 6.51. The van der Waals surface area contributed by atoms with Crippen molar-refractivity contribution in [1.82, 2.24) is 9.88 Å². The molecule has 3 N–H and O–H groups in total. The van der Waals surface area contributed by atoms with Crippen LogP contribution in [0.1, 0.15) is 69.8 Å². The van der Waals surface area contributed by atoms with E-state index in [1.807, 2.05) is 42.4 Å². The number of benzene rings is 2. The summed E-state index contributed by atoms with van der Waals surface area (Å²) in [5.74, 6) is 1.49. The number of rotatable bonds is 8. The zero-order chi connectivity index (χ0) is 27.7. The maximum Gasteiger partial charge on any atom is 0.225 e. The topological polar surface area (TPSA) is 88.3 Å². The summed E-state index contributed by atoms with van der Waals surface area (Å²) in [6.45, 7) is 0. The Bertz CT molecular complexity index is 1350. The minimum absolute atomic E-state index is 0.00298. The van der Waals surface area contributed by atoms with Crippen molar-refractivity contribution in [2.24, 2.45) is 17.6 Å². The molecule has 1 heterocycles. The van der Waals surface area contributed by atoms with Crippen molar-refractivity contribution in [3.63, 3.8) is 0 Å². The van der Waals surface area contributed by atoms with E-state index in [1.165, 1.54) is 12.0 Å². The highest BCUT2D eigenvalue weighted by Gasteiger charge is 2.36. The molecule has 1 aromatic heterocycles. The van der Waals surface area contributed by atoms with Crippen LogP contribution in [0, 0.1) is 11.8 Å². The highest BCUT2D eigenvalue weighted by molar-refractivity contribution is 5.92. The number of hydrogen-bond acceptors (Lipinski definition) is 4. The molecule has 0 aliphatic heterocycles. The zero-order valence-electron chi connectivity index (χ0n) is 23.4. The molecule has 3 saturated carbocycles. The second-order valence-electron chi connectivity index (χ2n) is 12.2. The lowest BCUT2D eigenvalue weighted by molar-refractivity contribution is -0.134. The van der Waals surface area contributed by atoms with Gasteiger partial charge in [-0.05, 0) is 92.0 Å². The monoisotopic (exact) mass is 536 g/mol. The molecule has 0 spiro atoms. The Morgan fingerprint density at radius 1 is 0.925 bits per heavy atom. The summed E-state index contributed by atoms with van der Waals surface area (Å²) in [5, 5.41) is 3.07. The number of anilines is 1. The lowest BCUT2D eigenvalue weighted by Crippen LogP contribution is -2.43. The lowest BCUT2D eigenvalue weighted by atomic mass is 9.72. The highest BCUT2D eigenvalue weighted by Crippen LogP contribution is 2.40. The van der Waals surface area contributed by atoms with Crippen molar-refractivity contribution in [2.45, 2.75) is 75.8 Å². The predicted molar refractivity (Wildman–Crippen MR) is 159 cm³/mol. The van der Waals surface area contributed by atoms with Crippen molar-refractivity contribution in [3.05, 3.63) is 72.4 Å². The molecule has 0 atom stereocenters. The fraction of sp³-hybridized carbons (Fsp3) is 0.441. The SMILES string of the molecule is CN(C(=O)C1CC1)[C@H]1CC[C@H](CC(=O)Nc2cc(-c3ccccc3)c(-c3ccc(C4(N)CCC4)cc3)cn2)CC1. The molecule has 3 fully saturated rings. The van der Waals surface area contributed by atoms with Gasteiger partial charge in [0.1, 0.15) is 5.82 Å². The Labute approximate surface area is 237 Å². The minimum atomic E-state index is -0.184. The van der Waals surface area contributed by atoms with Gasteiger partial charge < -0.3 is 16.0 Å². The van der Waals surface area contributed by atoms with Crippen LogP contribution in [0.5, 0.6) is 0 Å². The van der Waals surface area contributed by atoms with E-state index in [2.05, 4.69) is 46.7 Å². The number of hydrogen-bond donors (Lipinski definition) is 2. The number of carbonyl (C=O) groups excluding carboxylic acids is 2. The van der Waals surface area contributed by atoms with E-state index >= 15 is 0 Å². The minimum Gasteiger partial charge on any atom is -0.343 e. The molecule has 3 aliphatic rings. The molecule has 0 unspecified atom stereocenters. The van der Waals surface area contributed by atoms with Gasteiger partial charge in [-0.1, -0.05) is 54.6 Å². The van der Waals surface area contributed by atoms with Crippen molar-refractivity contribution >= 4 is 17.6 Å². The molecule has 3 aromatic rings. The van der Waals surface area contributed by atoms with Crippen LogP contribution >= 0.6 is 0 Å². The van der Waals surface area contributed by atoms with Gasteiger partial charge in [0, 0.05) is 42.7 Å². The smallest absolute Gasteiger partial charge is 0.225 e. The largest absolute Gasteiger partial charge is 0.343 e. The molecule has 6 nitrogen and oxygen atoms in total. The van der Waals surface area contributed by atoms with Gasteiger partial charge in [0.15, 0.2) is 0 Å². The Kier molecular flexibility index (Phi) is 7.45. The standard InChI is InChI=1S/C34H40N4O2/c1-38(33(40)26-10-11-26)28-16-8-23(9-17-28)20-32(39)37-31-21-29(24-6-3-2-4-7-24)30(22-36-31)25-12-14-27(15-13-25)34(35)18-5-19-34/h2-4,6-7,12-15,21-23,26,28H,5,8-11,16-20,35H2,1H3,(H,36,37,39)/t23-,28-. The molecule has 0 bridgehead atoms. The van der Waals surface area contributed by atoms with E-state index in [0.717, 1.165) is 73.6 Å². The summed E-state index contributed by atoms with van der Waals surface area (Å²) in [7, 11) is 1.95. The molecular formula is C34H40N4O2. The van der Waals surface area contributed by atoms with Crippen LogP contribution in [0.15, 0.2) is 66.9 Å². The molecule has 3 aliphatic carbocycles. The molecule has 0 radical (unpaired) electrons. The van der Waals surface area contributed by atoms with E-state index < -0.39 is 0 Å². The van der Waals surface area contributed by atoms with Crippen LogP contribution in [0.2, 0.25) is 0 Å². The van der Waals surface area contributed by atoms with Gasteiger partial charge in [-0.2, -0.15) is 0 Å². The summed E-state index contributed by atoms with van der Waals surface area (Å²) < 4.78 is 0. The number of aromatic nitrogens is 1. The zero-order valence-corrected chi connectivity index (χ0v) is 23.4. The van der Waals surface area contributed by atoms with Crippen LogP contribution in [0.3, 0.4) is 0 Å². The van der Waals surface area contributed by atoms with Gasteiger partial charge in [0.05, 0.1) is 0 Å². The number of carbonyl (C=O) groups is 2. The summed E-state index contributed by atoms with van der Waals surface area (Å²) >= 11 is 0. The van der Waals surface area contributed by atoms with Crippen LogP contribution in [0.4, 0.5) is 5.82 Å². The average molecular weight is 537 g/mol. The van der Waals surface area contributed by atoms with Gasteiger partial charge in [0.25, 0.3) is 0 Å². The summed E-state index contributed by atoms with van der Waals surface area (Å²) in [5.41, 5.74) is 11.8. The molecule has 40 heavy (non-hydrogen) atoms. The Balaban J connectivity index is 1.13. The van der Waals surface area contributed by atoms with Crippen molar-refractivity contribution in [1.29, 1.82) is 0 Å². The van der Waals surface area contributed by atoms with Crippen LogP contribution in [-0.4, -0.2) is 34.8 Å². The summed E-state index contributed by atoms with van der Waals surface area (Å²) in [4.78, 5) is 32.1. The molecule has 208 valence electrons. The molecule has 2 amide bonds. The summed E-state index contributed by atoms with van der Waals surface area (Å²) in [6, 6.07) is 21.1. The highest BCUT2D eigenvalue weighted by atomic mass is 16.2. The maximum atomic E-state index is 13.0. The lowest BCUT2D eigenvalue weighted by Gasteiger charge is -2.38. The third-order valence-electron chi connectivity index (χ3n) is 9.39. The number of nitrogens with two attached hydrogens (primary N) is 1. The van der Waals surface area contributed by atoms with Gasteiger partial charge in [0.2, 0.25) is 11.8 Å². The molecular weight excluding hydrogens is 496 g/mol. The molecule has 6 heteroatoms. The van der Waals surface area contributed by atoms with Crippen LogP contribution in [-0.2, 0) is 15.1 Å².